The normalized spacial score (nSPS) is 15.2. The van der Waals surface area contributed by atoms with E-state index in [0.717, 1.165) is 24.2 Å². The van der Waals surface area contributed by atoms with Crippen LogP contribution in [0.4, 0.5) is 0 Å². The van der Waals surface area contributed by atoms with Crippen LogP contribution in [0.5, 0.6) is 0 Å². The molecule has 0 bridgehead atoms. The predicted octanol–water partition coefficient (Wildman–Crippen LogP) is 0.0847. The molecule has 19 heavy (non-hydrogen) atoms. The van der Waals surface area contributed by atoms with Gasteiger partial charge in [0.15, 0.2) is 0 Å². The molecule has 104 valence electrons. The van der Waals surface area contributed by atoms with Gasteiger partial charge in [0, 0.05) is 11.4 Å². The monoisotopic (exact) mass is 304 g/mol. The lowest BCUT2D eigenvalue weighted by molar-refractivity contribution is -0.137. The fourth-order valence-electron chi connectivity index (χ4n) is 1.64. The van der Waals surface area contributed by atoms with E-state index in [1.165, 1.54) is 16.3 Å². The predicted molar refractivity (Wildman–Crippen MR) is 67.4 cm³/mol. The van der Waals surface area contributed by atoms with Crippen LogP contribution in [0.25, 0.3) is 0 Å². The molecule has 1 fully saturated rings. The van der Waals surface area contributed by atoms with Crippen LogP contribution in [0.3, 0.4) is 0 Å². The number of hydrogen-bond donors (Lipinski definition) is 2. The van der Waals surface area contributed by atoms with Gasteiger partial charge < -0.3 is 10.0 Å². The van der Waals surface area contributed by atoms with Crippen LogP contribution in [-0.2, 0) is 14.8 Å². The Balaban J connectivity index is 2.22. The van der Waals surface area contributed by atoms with Crippen LogP contribution in [0.1, 0.15) is 23.2 Å². The first-order valence-corrected chi connectivity index (χ1v) is 7.85. The Morgan fingerprint density at radius 1 is 1.47 bits per heavy atom. The SMILES string of the molecule is NS(=O)(=O)c1cc(C(=O)N(CC(=O)O)C2CC2)cs1. The molecule has 2 rings (SSSR count). The van der Waals surface area contributed by atoms with Crippen molar-refractivity contribution in [2.24, 2.45) is 5.14 Å². The van der Waals surface area contributed by atoms with E-state index < -0.39 is 21.9 Å². The quantitative estimate of drug-likeness (QED) is 0.799. The minimum atomic E-state index is -3.84. The van der Waals surface area contributed by atoms with E-state index in [9.17, 15) is 18.0 Å². The van der Waals surface area contributed by atoms with Crippen LogP contribution < -0.4 is 5.14 Å². The Kier molecular flexibility index (Phi) is 3.61. The summed E-state index contributed by atoms with van der Waals surface area (Å²) >= 11 is 0.845. The molecule has 3 N–H and O–H groups in total. The van der Waals surface area contributed by atoms with Crippen molar-refractivity contribution in [1.82, 2.24) is 4.90 Å². The van der Waals surface area contributed by atoms with Gasteiger partial charge in [-0.05, 0) is 18.9 Å². The van der Waals surface area contributed by atoms with Gasteiger partial charge in [-0.15, -0.1) is 11.3 Å². The van der Waals surface area contributed by atoms with E-state index in [1.807, 2.05) is 0 Å². The fraction of sp³-hybridized carbons (Fsp3) is 0.400. The number of thiophene rings is 1. The van der Waals surface area contributed by atoms with Crippen molar-refractivity contribution in [3.05, 3.63) is 17.0 Å². The number of carboxylic acids is 1. The highest BCUT2D eigenvalue weighted by molar-refractivity contribution is 7.91. The summed E-state index contributed by atoms with van der Waals surface area (Å²) in [6, 6.07) is 1.11. The van der Waals surface area contributed by atoms with Gasteiger partial charge in [-0.25, -0.2) is 13.6 Å². The van der Waals surface area contributed by atoms with Gasteiger partial charge in [-0.1, -0.05) is 0 Å². The molecule has 1 aromatic rings. The molecule has 7 nitrogen and oxygen atoms in total. The molecular weight excluding hydrogens is 292 g/mol. The molecule has 1 aliphatic rings. The van der Waals surface area contributed by atoms with Crippen molar-refractivity contribution in [2.75, 3.05) is 6.54 Å². The van der Waals surface area contributed by atoms with Crippen LogP contribution in [0.2, 0.25) is 0 Å². The zero-order valence-electron chi connectivity index (χ0n) is 9.77. The maximum Gasteiger partial charge on any atom is 0.323 e. The van der Waals surface area contributed by atoms with Gasteiger partial charge in [-0.2, -0.15) is 0 Å². The third kappa shape index (κ3) is 3.31. The van der Waals surface area contributed by atoms with Crippen molar-refractivity contribution in [1.29, 1.82) is 0 Å². The summed E-state index contributed by atoms with van der Waals surface area (Å²) in [7, 11) is -3.84. The molecular formula is C10H12N2O5S2. The number of amides is 1. The first kappa shape index (κ1) is 14.0. The van der Waals surface area contributed by atoms with Crippen LogP contribution in [0, 0.1) is 0 Å². The third-order valence-electron chi connectivity index (χ3n) is 2.66. The van der Waals surface area contributed by atoms with E-state index in [0.29, 0.717) is 0 Å². The standard InChI is InChI=1S/C10H12N2O5S2/c11-19(16,17)9-3-6(5-18-9)10(15)12(4-8(13)14)7-1-2-7/h3,5,7H,1-2,4H2,(H,13,14)(H2,11,16,17). The molecule has 0 atom stereocenters. The minimum Gasteiger partial charge on any atom is -0.480 e. The largest absolute Gasteiger partial charge is 0.480 e. The number of sulfonamides is 1. The van der Waals surface area contributed by atoms with Gasteiger partial charge in [0.25, 0.3) is 5.91 Å². The molecule has 1 heterocycles. The number of primary sulfonamides is 1. The van der Waals surface area contributed by atoms with E-state index >= 15 is 0 Å². The summed E-state index contributed by atoms with van der Waals surface area (Å²) in [6.45, 7) is -0.385. The Morgan fingerprint density at radius 2 is 2.11 bits per heavy atom. The number of carbonyl (C=O) groups is 2. The topological polar surface area (TPSA) is 118 Å². The second kappa shape index (κ2) is 4.91. The highest BCUT2D eigenvalue weighted by atomic mass is 32.2. The van der Waals surface area contributed by atoms with Crippen molar-refractivity contribution in [3.63, 3.8) is 0 Å². The first-order valence-electron chi connectivity index (χ1n) is 5.43. The smallest absolute Gasteiger partial charge is 0.323 e. The van der Waals surface area contributed by atoms with Crippen LogP contribution >= 0.6 is 11.3 Å². The first-order chi connectivity index (χ1) is 8.79. The van der Waals surface area contributed by atoms with E-state index in [2.05, 4.69) is 0 Å². The van der Waals surface area contributed by atoms with Gasteiger partial charge in [0.05, 0.1) is 5.56 Å². The third-order valence-corrected chi connectivity index (χ3v) is 5.04. The summed E-state index contributed by atoms with van der Waals surface area (Å²) in [5.41, 5.74) is 0.155. The number of carbonyl (C=O) groups excluding carboxylic acids is 1. The zero-order chi connectivity index (χ0) is 14.2. The van der Waals surface area contributed by atoms with Crippen molar-refractivity contribution in [3.8, 4) is 0 Å². The molecule has 0 spiro atoms. The average Bonchev–Trinajstić information content (AvgIpc) is 2.99. The molecule has 1 saturated carbocycles. The lowest BCUT2D eigenvalue weighted by Crippen LogP contribution is -2.37. The molecule has 9 heteroatoms. The van der Waals surface area contributed by atoms with Gasteiger partial charge >= 0.3 is 5.97 Å². The Morgan fingerprint density at radius 3 is 2.53 bits per heavy atom. The lowest BCUT2D eigenvalue weighted by atomic mass is 10.3. The second-order valence-electron chi connectivity index (χ2n) is 4.26. The maximum atomic E-state index is 12.1. The van der Waals surface area contributed by atoms with E-state index in [4.69, 9.17) is 10.2 Å². The Labute approximate surface area is 113 Å². The molecule has 0 unspecified atom stereocenters. The Bertz CT molecular complexity index is 618. The number of carboxylic acid groups (broad SMARTS) is 1. The number of hydrogen-bond acceptors (Lipinski definition) is 5. The molecule has 0 radical (unpaired) electrons. The van der Waals surface area contributed by atoms with Gasteiger partial charge in [0.1, 0.15) is 10.8 Å². The number of nitrogens with two attached hydrogens (primary N) is 1. The highest BCUT2D eigenvalue weighted by Gasteiger charge is 2.34. The molecule has 0 aromatic carbocycles. The molecule has 1 aromatic heterocycles. The van der Waals surface area contributed by atoms with Crippen molar-refractivity contribution < 1.29 is 23.1 Å². The summed E-state index contributed by atoms with van der Waals surface area (Å²) in [4.78, 5) is 24.1. The zero-order valence-corrected chi connectivity index (χ0v) is 11.4. The van der Waals surface area contributed by atoms with Crippen LogP contribution in [-0.4, -0.2) is 42.9 Å². The second-order valence-corrected chi connectivity index (χ2v) is 6.96. The summed E-state index contributed by atoms with van der Waals surface area (Å²) in [6.07, 6.45) is 1.54. The molecule has 0 aliphatic heterocycles. The molecule has 1 amide bonds. The summed E-state index contributed by atoms with van der Waals surface area (Å²) < 4.78 is 22.2. The van der Waals surface area contributed by atoms with Crippen molar-refractivity contribution >= 4 is 33.2 Å². The number of rotatable bonds is 5. The van der Waals surface area contributed by atoms with Gasteiger partial charge in [-0.3, -0.25) is 9.59 Å². The average molecular weight is 304 g/mol. The summed E-state index contributed by atoms with van der Waals surface area (Å²) in [5, 5.41) is 15.1. The maximum absolute atomic E-state index is 12.1. The number of aliphatic carboxylic acids is 1. The van der Waals surface area contributed by atoms with Crippen LogP contribution in [0.15, 0.2) is 15.7 Å². The number of nitrogens with zero attached hydrogens (tertiary/aromatic N) is 1. The van der Waals surface area contributed by atoms with Crippen molar-refractivity contribution in [2.45, 2.75) is 23.1 Å². The lowest BCUT2D eigenvalue weighted by Gasteiger charge is -2.19. The Hall–Kier alpha value is -1.45. The van der Waals surface area contributed by atoms with E-state index in [-0.39, 0.29) is 22.4 Å². The highest BCUT2D eigenvalue weighted by Crippen LogP contribution is 2.29. The van der Waals surface area contributed by atoms with Gasteiger partial charge in [0.2, 0.25) is 10.0 Å². The fourth-order valence-corrected chi connectivity index (χ4v) is 3.22. The summed E-state index contributed by atoms with van der Waals surface area (Å²) in [5.74, 6) is -1.57. The molecule has 1 aliphatic carbocycles. The van der Waals surface area contributed by atoms with E-state index in [1.54, 1.807) is 0 Å². The minimum absolute atomic E-state index is 0.0681. The molecule has 0 saturated heterocycles.